The van der Waals surface area contributed by atoms with E-state index in [0.29, 0.717) is 12.0 Å². The molecule has 1 N–H and O–H groups in total. The minimum atomic E-state index is -0.831. The first kappa shape index (κ1) is 13.1. The summed E-state index contributed by atoms with van der Waals surface area (Å²) in [5, 5.41) is 10.2. The zero-order chi connectivity index (χ0) is 14.1. The van der Waals surface area contributed by atoms with E-state index < -0.39 is 23.8 Å². The van der Waals surface area contributed by atoms with Crippen molar-refractivity contribution in [2.75, 3.05) is 0 Å². The molecule has 2 aromatic rings. The summed E-state index contributed by atoms with van der Waals surface area (Å²) in [5.74, 6) is -0.499. The Balaban J connectivity index is 1.70. The lowest BCUT2D eigenvalue weighted by Gasteiger charge is -2.18. The fourth-order valence-corrected chi connectivity index (χ4v) is 2.47. The third-order valence-corrected chi connectivity index (χ3v) is 3.55. The highest BCUT2D eigenvalue weighted by Crippen LogP contribution is 2.30. The number of rotatable bonds is 3. The van der Waals surface area contributed by atoms with Crippen LogP contribution in [0.3, 0.4) is 0 Å². The van der Waals surface area contributed by atoms with Crippen LogP contribution < -0.4 is 4.74 Å². The van der Waals surface area contributed by atoms with E-state index in [2.05, 4.69) is 0 Å². The molecule has 0 saturated heterocycles. The quantitative estimate of drug-likeness (QED) is 0.934. The number of hydrogen-bond donors (Lipinski definition) is 1. The molecule has 0 radical (unpaired) electrons. The molecular formula is C16H14F2O2. The Labute approximate surface area is 115 Å². The molecule has 2 unspecified atom stereocenters. The van der Waals surface area contributed by atoms with Gasteiger partial charge in [0.15, 0.2) is 0 Å². The largest absolute Gasteiger partial charge is 0.487 e. The van der Waals surface area contributed by atoms with Crippen molar-refractivity contribution >= 4 is 0 Å². The maximum atomic E-state index is 13.6. The molecule has 1 aliphatic rings. The Morgan fingerprint density at radius 1 is 1.20 bits per heavy atom. The van der Waals surface area contributed by atoms with Crippen LogP contribution in [0.2, 0.25) is 0 Å². The van der Waals surface area contributed by atoms with Gasteiger partial charge >= 0.3 is 0 Å². The fourth-order valence-electron chi connectivity index (χ4n) is 2.47. The highest BCUT2D eigenvalue weighted by Gasteiger charge is 2.29. The Bertz CT molecular complexity index is 603. The molecule has 3 rings (SSSR count). The SMILES string of the molecule is OC(Cc1ccc(F)cc1F)C1Cc2ccccc2O1. The van der Waals surface area contributed by atoms with Crippen LogP contribution in [0.5, 0.6) is 5.75 Å². The normalized spacial score (nSPS) is 18.4. The third kappa shape index (κ3) is 2.51. The molecular weight excluding hydrogens is 262 g/mol. The number of halogens is 2. The second kappa shape index (κ2) is 5.21. The van der Waals surface area contributed by atoms with E-state index in [1.807, 2.05) is 24.3 Å². The average Bonchev–Trinajstić information content (AvgIpc) is 2.86. The fraction of sp³-hybridized carbons (Fsp3) is 0.250. The van der Waals surface area contributed by atoms with Gasteiger partial charge in [-0.25, -0.2) is 8.78 Å². The number of aliphatic hydroxyl groups is 1. The predicted octanol–water partition coefficient (Wildman–Crippen LogP) is 2.87. The molecule has 20 heavy (non-hydrogen) atoms. The van der Waals surface area contributed by atoms with Crippen molar-refractivity contribution in [2.24, 2.45) is 0 Å². The first-order valence-electron chi connectivity index (χ1n) is 6.50. The van der Waals surface area contributed by atoms with Gasteiger partial charge in [-0.15, -0.1) is 0 Å². The Kier molecular flexibility index (Phi) is 3.40. The van der Waals surface area contributed by atoms with E-state index in [0.717, 1.165) is 17.4 Å². The van der Waals surface area contributed by atoms with Crippen LogP contribution in [-0.2, 0) is 12.8 Å². The molecule has 0 amide bonds. The molecule has 2 aromatic carbocycles. The molecule has 4 heteroatoms. The molecule has 0 aliphatic carbocycles. The molecule has 0 aromatic heterocycles. The van der Waals surface area contributed by atoms with Crippen LogP contribution in [0, 0.1) is 11.6 Å². The van der Waals surface area contributed by atoms with Gasteiger partial charge in [-0.05, 0) is 23.3 Å². The van der Waals surface area contributed by atoms with Crippen LogP contribution >= 0.6 is 0 Å². The van der Waals surface area contributed by atoms with Crippen molar-refractivity contribution in [2.45, 2.75) is 25.0 Å². The summed E-state index contributed by atoms with van der Waals surface area (Å²) in [5.41, 5.74) is 1.33. The van der Waals surface area contributed by atoms with Crippen LogP contribution in [-0.4, -0.2) is 17.3 Å². The van der Waals surface area contributed by atoms with E-state index in [1.165, 1.54) is 12.1 Å². The molecule has 2 nitrogen and oxygen atoms in total. The van der Waals surface area contributed by atoms with Crippen LogP contribution in [0.4, 0.5) is 8.78 Å². The zero-order valence-corrected chi connectivity index (χ0v) is 10.7. The number of para-hydroxylation sites is 1. The molecule has 1 aliphatic heterocycles. The molecule has 104 valence electrons. The van der Waals surface area contributed by atoms with Crippen molar-refractivity contribution in [1.29, 1.82) is 0 Å². The zero-order valence-electron chi connectivity index (χ0n) is 10.7. The maximum absolute atomic E-state index is 13.6. The molecule has 1 heterocycles. The maximum Gasteiger partial charge on any atom is 0.129 e. The average molecular weight is 276 g/mol. The topological polar surface area (TPSA) is 29.5 Å². The summed E-state index contributed by atoms with van der Waals surface area (Å²) in [6.07, 6.45) is -0.524. The number of aliphatic hydroxyl groups excluding tert-OH is 1. The summed E-state index contributed by atoms with van der Waals surface area (Å²) < 4.78 is 32.1. The number of fused-ring (bicyclic) bond motifs is 1. The van der Waals surface area contributed by atoms with E-state index in [4.69, 9.17) is 4.74 Å². The number of ether oxygens (including phenoxy) is 1. The second-order valence-corrected chi connectivity index (χ2v) is 4.98. The summed E-state index contributed by atoms with van der Waals surface area (Å²) in [6.45, 7) is 0. The summed E-state index contributed by atoms with van der Waals surface area (Å²) in [7, 11) is 0. The molecule has 2 atom stereocenters. The van der Waals surface area contributed by atoms with Crippen molar-refractivity contribution in [1.82, 2.24) is 0 Å². The summed E-state index contributed by atoms with van der Waals surface area (Å²) >= 11 is 0. The minimum Gasteiger partial charge on any atom is -0.487 e. The molecule has 0 spiro atoms. The monoisotopic (exact) mass is 276 g/mol. The molecule has 0 saturated carbocycles. The van der Waals surface area contributed by atoms with Gasteiger partial charge in [0.05, 0.1) is 6.10 Å². The second-order valence-electron chi connectivity index (χ2n) is 4.98. The Morgan fingerprint density at radius 3 is 2.75 bits per heavy atom. The van der Waals surface area contributed by atoms with Crippen molar-refractivity contribution in [3.05, 3.63) is 65.2 Å². The van der Waals surface area contributed by atoms with Gasteiger partial charge in [0.25, 0.3) is 0 Å². The Hall–Kier alpha value is -1.94. The van der Waals surface area contributed by atoms with Gasteiger partial charge < -0.3 is 9.84 Å². The van der Waals surface area contributed by atoms with Crippen LogP contribution in [0.1, 0.15) is 11.1 Å². The lowest BCUT2D eigenvalue weighted by molar-refractivity contribution is 0.0497. The lowest BCUT2D eigenvalue weighted by Crippen LogP contribution is -2.32. The van der Waals surface area contributed by atoms with Gasteiger partial charge in [-0.3, -0.25) is 0 Å². The van der Waals surface area contributed by atoms with Crippen molar-refractivity contribution < 1.29 is 18.6 Å². The van der Waals surface area contributed by atoms with Crippen molar-refractivity contribution in [3.63, 3.8) is 0 Å². The predicted molar refractivity (Wildman–Crippen MR) is 70.6 cm³/mol. The van der Waals surface area contributed by atoms with Crippen LogP contribution in [0.15, 0.2) is 42.5 Å². The standard InChI is InChI=1S/C16H14F2O2/c17-12-6-5-10(13(18)9-12)7-14(19)16-8-11-3-1-2-4-15(11)20-16/h1-6,9,14,16,19H,7-8H2. The number of hydrogen-bond acceptors (Lipinski definition) is 2. The van der Waals surface area contributed by atoms with E-state index in [-0.39, 0.29) is 6.42 Å². The van der Waals surface area contributed by atoms with Gasteiger partial charge in [0.1, 0.15) is 23.5 Å². The highest BCUT2D eigenvalue weighted by atomic mass is 19.1. The number of benzene rings is 2. The lowest BCUT2D eigenvalue weighted by atomic mass is 10.00. The van der Waals surface area contributed by atoms with Gasteiger partial charge in [-0.1, -0.05) is 24.3 Å². The Morgan fingerprint density at radius 2 is 2.00 bits per heavy atom. The summed E-state index contributed by atoms with van der Waals surface area (Å²) in [4.78, 5) is 0. The molecule has 0 bridgehead atoms. The minimum absolute atomic E-state index is 0.102. The van der Waals surface area contributed by atoms with Gasteiger partial charge in [0, 0.05) is 18.9 Å². The first-order chi connectivity index (χ1) is 9.63. The summed E-state index contributed by atoms with van der Waals surface area (Å²) in [6, 6.07) is 10.9. The van der Waals surface area contributed by atoms with Gasteiger partial charge in [0.2, 0.25) is 0 Å². The van der Waals surface area contributed by atoms with E-state index >= 15 is 0 Å². The van der Waals surface area contributed by atoms with Crippen molar-refractivity contribution in [3.8, 4) is 5.75 Å². The third-order valence-electron chi connectivity index (χ3n) is 3.55. The van der Waals surface area contributed by atoms with Gasteiger partial charge in [-0.2, -0.15) is 0 Å². The van der Waals surface area contributed by atoms with E-state index in [1.54, 1.807) is 0 Å². The highest BCUT2D eigenvalue weighted by molar-refractivity contribution is 5.37. The van der Waals surface area contributed by atoms with Crippen LogP contribution in [0.25, 0.3) is 0 Å². The first-order valence-corrected chi connectivity index (χ1v) is 6.50. The molecule has 0 fully saturated rings. The van der Waals surface area contributed by atoms with E-state index in [9.17, 15) is 13.9 Å². The smallest absolute Gasteiger partial charge is 0.129 e.